The Balaban J connectivity index is 1.79. The normalized spacial score (nSPS) is 17.5. The standard InChI is InChI=1S/C18H22N4O2/c1-5-15-17(23)22-14-7-6-13(8-16(14)24-15)12(4)21-18-19-9-10(2)11(3)20-18/h6-9,12,15H,5H2,1-4H3,(H,22,23)(H,19,20,21). The number of carbonyl (C=O) groups excluding carboxylic acids is 1. The molecule has 0 radical (unpaired) electrons. The molecule has 0 saturated heterocycles. The third kappa shape index (κ3) is 3.18. The van der Waals surface area contributed by atoms with Crippen molar-refractivity contribution in [2.24, 2.45) is 0 Å². The Bertz CT molecular complexity index is 776. The number of aryl methyl sites for hydroxylation is 2. The van der Waals surface area contributed by atoms with Crippen LogP contribution in [0.1, 0.15) is 43.1 Å². The topological polar surface area (TPSA) is 76.1 Å². The van der Waals surface area contributed by atoms with Gasteiger partial charge in [-0.3, -0.25) is 4.79 Å². The van der Waals surface area contributed by atoms with Gasteiger partial charge < -0.3 is 15.4 Å². The summed E-state index contributed by atoms with van der Waals surface area (Å²) in [5, 5.41) is 6.18. The molecule has 0 bridgehead atoms. The van der Waals surface area contributed by atoms with Gasteiger partial charge in [-0.1, -0.05) is 13.0 Å². The van der Waals surface area contributed by atoms with E-state index in [1.165, 1.54) is 0 Å². The minimum atomic E-state index is -0.431. The molecule has 1 aromatic carbocycles. The Hall–Kier alpha value is -2.63. The van der Waals surface area contributed by atoms with Crippen LogP contribution in [0.5, 0.6) is 5.75 Å². The Morgan fingerprint density at radius 2 is 2.17 bits per heavy atom. The fourth-order valence-corrected chi connectivity index (χ4v) is 2.57. The largest absolute Gasteiger partial charge is 0.478 e. The van der Waals surface area contributed by atoms with E-state index in [0.717, 1.165) is 16.8 Å². The van der Waals surface area contributed by atoms with Crippen LogP contribution in [0.3, 0.4) is 0 Å². The van der Waals surface area contributed by atoms with E-state index in [4.69, 9.17) is 4.74 Å². The van der Waals surface area contributed by atoms with E-state index < -0.39 is 6.10 Å². The fraction of sp³-hybridized carbons (Fsp3) is 0.389. The molecule has 1 amide bonds. The average Bonchev–Trinajstić information content (AvgIpc) is 2.57. The molecule has 2 atom stereocenters. The van der Waals surface area contributed by atoms with Crippen molar-refractivity contribution in [2.75, 3.05) is 10.6 Å². The number of hydrogen-bond acceptors (Lipinski definition) is 5. The van der Waals surface area contributed by atoms with Crippen LogP contribution in [-0.2, 0) is 4.79 Å². The van der Waals surface area contributed by atoms with Gasteiger partial charge in [-0.15, -0.1) is 0 Å². The summed E-state index contributed by atoms with van der Waals surface area (Å²) in [6.07, 6.45) is 2.02. The molecule has 6 heteroatoms. The van der Waals surface area contributed by atoms with Crippen molar-refractivity contribution < 1.29 is 9.53 Å². The maximum atomic E-state index is 11.8. The van der Waals surface area contributed by atoms with E-state index >= 15 is 0 Å². The average molecular weight is 326 g/mol. The molecule has 1 aliphatic heterocycles. The third-order valence-electron chi connectivity index (χ3n) is 4.27. The summed E-state index contributed by atoms with van der Waals surface area (Å²) in [7, 11) is 0. The first-order chi connectivity index (χ1) is 11.5. The van der Waals surface area contributed by atoms with E-state index in [2.05, 4.69) is 20.6 Å². The van der Waals surface area contributed by atoms with Crippen molar-refractivity contribution >= 4 is 17.5 Å². The third-order valence-corrected chi connectivity index (χ3v) is 4.27. The first kappa shape index (κ1) is 16.2. The van der Waals surface area contributed by atoms with E-state index in [9.17, 15) is 4.79 Å². The van der Waals surface area contributed by atoms with Crippen LogP contribution >= 0.6 is 0 Å². The van der Waals surface area contributed by atoms with Crippen molar-refractivity contribution in [3.05, 3.63) is 41.2 Å². The van der Waals surface area contributed by atoms with Gasteiger partial charge >= 0.3 is 0 Å². The van der Waals surface area contributed by atoms with Gasteiger partial charge in [0.1, 0.15) is 5.75 Å². The highest BCUT2D eigenvalue weighted by Gasteiger charge is 2.26. The van der Waals surface area contributed by atoms with Crippen LogP contribution in [-0.4, -0.2) is 22.0 Å². The lowest BCUT2D eigenvalue weighted by atomic mass is 10.1. The predicted molar refractivity (Wildman–Crippen MR) is 93.3 cm³/mol. The number of nitrogens with zero attached hydrogens (tertiary/aromatic N) is 2. The van der Waals surface area contributed by atoms with Crippen molar-refractivity contribution in [3.8, 4) is 5.75 Å². The summed E-state index contributed by atoms with van der Waals surface area (Å²) in [5.41, 5.74) is 3.78. The molecule has 0 saturated carbocycles. The monoisotopic (exact) mass is 326 g/mol. The highest BCUT2D eigenvalue weighted by Crippen LogP contribution is 2.33. The minimum Gasteiger partial charge on any atom is -0.478 e. The van der Waals surface area contributed by atoms with Gasteiger partial charge in [-0.25, -0.2) is 9.97 Å². The molecule has 3 rings (SSSR count). The molecule has 0 spiro atoms. The van der Waals surface area contributed by atoms with Crippen molar-refractivity contribution in [1.82, 2.24) is 9.97 Å². The zero-order valence-electron chi connectivity index (χ0n) is 14.4. The lowest BCUT2D eigenvalue weighted by Gasteiger charge is -2.26. The summed E-state index contributed by atoms with van der Waals surface area (Å²) in [4.78, 5) is 20.6. The number of carbonyl (C=O) groups is 1. The van der Waals surface area contributed by atoms with Crippen LogP contribution in [0, 0.1) is 13.8 Å². The van der Waals surface area contributed by atoms with Gasteiger partial charge in [0.05, 0.1) is 11.7 Å². The Morgan fingerprint density at radius 3 is 2.88 bits per heavy atom. The Kier molecular flexibility index (Phi) is 4.38. The maximum Gasteiger partial charge on any atom is 0.265 e. The fourth-order valence-electron chi connectivity index (χ4n) is 2.57. The zero-order chi connectivity index (χ0) is 17.3. The van der Waals surface area contributed by atoms with Crippen LogP contribution in [0.25, 0.3) is 0 Å². The molecular formula is C18H22N4O2. The summed E-state index contributed by atoms with van der Waals surface area (Å²) < 4.78 is 5.80. The first-order valence-corrected chi connectivity index (χ1v) is 8.16. The molecular weight excluding hydrogens is 304 g/mol. The summed E-state index contributed by atoms with van der Waals surface area (Å²) in [6.45, 7) is 7.92. The van der Waals surface area contributed by atoms with Crippen molar-refractivity contribution in [2.45, 2.75) is 46.3 Å². The highest BCUT2D eigenvalue weighted by molar-refractivity contribution is 5.97. The molecule has 2 unspecified atom stereocenters. The summed E-state index contributed by atoms with van der Waals surface area (Å²) in [6, 6.07) is 5.80. The number of fused-ring (bicyclic) bond motifs is 1. The predicted octanol–water partition coefficient (Wildman–Crippen LogP) is 3.38. The number of nitrogens with one attached hydrogen (secondary N) is 2. The highest BCUT2D eigenvalue weighted by atomic mass is 16.5. The van der Waals surface area contributed by atoms with Crippen LogP contribution < -0.4 is 15.4 Å². The van der Waals surface area contributed by atoms with Gasteiger partial charge in [0.25, 0.3) is 5.91 Å². The van der Waals surface area contributed by atoms with Gasteiger partial charge in [-0.05, 0) is 50.5 Å². The molecule has 0 fully saturated rings. The van der Waals surface area contributed by atoms with Crippen LogP contribution in [0.4, 0.5) is 11.6 Å². The lowest BCUT2D eigenvalue weighted by molar-refractivity contribution is -0.123. The molecule has 2 aromatic rings. The molecule has 1 aliphatic rings. The zero-order valence-corrected chi connectivity index (χ0v) is 14.4. The second-order valence-corrected chi connectivity index (χ2v) is 6.09. The number of benzene rings is 1. The summed E-state index contributed by atoms with van der Waals surface area (Å²) >= 11 is 0. The Labute approximate surface area is 141 Å². The quantitative estimate of drug-likeness (QED) is 0.901. The number of ether oxygens (including phenoxy) is 1. The maximum absolute atomic E-state index is 11.8. The van der Waals surface area contributed by atoms with E-state index in [1.807, 2.05) is 52.1 Å². The van der Waals surface area contributed by atoms with Gasteiger partial charge in [0, 0.05) is 11.9 Å². The van der Waals surface area contributed by atoms with Crippen molar-refractivity contribution in [1.29, 1.82) is 0 Å². The second-order valence-electron chi connectivity index (χ2n) is 6.09. The van der Waals surface area contributed by atoms with E-state index in [1.54, 1.807) is 0 Å². The molecule has 2 heterocycles. The second kappa shape index (κ2) is 6.47. The molecule has 1 aromatic heterocycles. The molecule has 24 heavy (non-hydrogen) atoms. The number of hydrogen-bond donors (Lipinski definition) is 2. The molecule has 126 valence electrons. The van der Waals surface area contributed by atoms with Gasteiger partial charge in [-0.2, -0.15) is 0 Å². The molecule has 2 N–H and O–H groups in total. The van der Waals surface area contributed by atoms with E-state index in [-0.39, 0.29) is 11.9 Å². The first-order valence-electron chi connectivity index (χ1n) is 8.16. The van der Waals surface area contributed by atoms with Crippen molar-refractivity contribution in [3.63, 3.8) is 0 Å². The van der Waals surface area contributed by atoms with E-state index in [0.29, 0.717) is 23.8 Å². The number of aromatic nitrogens is 2. The number of anilines is 2. The van der Waals surface area contributed by atoms with Crippen LogP contribution in [0.2, 0.25) is 0 Å². The SMILES string of the molecule is CCC1Oc2cc(C(C)Nc3ncc(C)c(C)n3)ccc2NC1=O. The summed E-state index contributed by atoms with van der Waals surface area (Å²) in [5.74, 6) is 1.21. The Morgan fingerprint density at radius 1 is 1.38 bits per heavy atom. The van der Waals surface area contributed by atoms with Gasteiger partial charge in [0.2, 0.25) is 5.95 Å². The number of rotatable bonds is 4. The molecule has 0 aliphatic carbocycles. The van der Waals surface area contributed by atoms with Crippen LogP contribution in [0.15, 0.2) is 24.4 Å². The molecule has 6 nitrogen and oxygen atoms in total. The smallest absolute Gasteiger partial charge is 0.265 e. The number of amides is 1. The minimum absolute atomic E-state index is 0.0127. The lowest BCUT2D eigenvalue weighted by Crippen LogP contribution is -2.36. The van der Waals surface area contributed by atoms with Gasteiger partial charge in [0.15, 0.2) is 6.10 Å².